The molecule has 0 saturated carbocycles. The number of alkyl halides is 3. The van der Waals surface area contributed by atoms with E-state index in [0.29, 0.717) is 5.69 Å². The third-order valence-corrected chi connectivity index (χ3v) is 3.36. The van der Waals surface area contributed by atoms with Crippen LogP contribution in [0.15, 0.2) is 54.7 Å². The van der Waals surface area contributed by atoms with Crippen LogP contribution in [0, 0.1) is 0 Å². The fourth-order valence-corrected chi connectivity index (χ4v) is 2.34. The first-order valence-corrected chi connectivity index (χ1v) is 7.11. The van der Waals surface area contributed by atoms with Crippen molar-refractivity contribution in [2.75, 3.05) is 5.32 Å². The van der Waals surface area contributed by atoms with Crippen molar-refractivity contribution in [2.24, 2.45) is 0 Å². The second-order valence-corrected chi connectivity index (χ2v) is 5.20. The molecule has 0 spiro atoms. The number of hydrogen-bond donors (Lipinski definition) is 2. The average Bonchev–Trinajstić information content (AvgIpc) is 2.95. The zero-order valence-corrected chi connectivity index (χ0v) is 12.4. The van der Waals surface area contributed by atoms with Gasteiger partial charge in [-0.3, -0.25) is 4.79 Å². The predicted molar refractivity (Wildman–Crippen MR) is 83.8 cm³/mol. The summed E-state index contributed by atoms with van der Waals surface area (Å²) in [6.07, 6.45) is -2.75. The SMILES string of the molecule is O=C(Cc1ccc2cc[nH]c2c1)Nc1ccc(OC(F)(F)F)cc1. The maximum absolute atomic E-state index is 12.1. The molecule has 4 nitrogen and oxygen atoms in total. The van der Waals surface area contributed by atoms with Crippen LogP contribution >= 0.6 is 0 Å². The Morgan fingerprint density at radius 2 is 1.83 bits per heavy atom. The highest BCUT2D eigenvalue weighted by molar-refractivity contribution is 5.93. The van der Waals surface area contributed by atoms with E-state index in [1.165, 1.54) is 12.1 Å². The van der Waals surface area contributed by atoms with Gasteiger partial charge in [0.1, 0.15) is 5.75 Å². The van der Waals surface area contributed by atoms with E-state index < -0.39 is 6.36 Å². The molecule has 124 valence electrons. The maximum Gasteiger partial charge on any atom is 0.573 e. The molecule has 1 amide bonds. The van der Waals surface area contributed by atoms with Gasteiger partial charge in [-0.1, -0.05) is 12.1 Å². The van der Waals surface area contributed by atoms with Crippen molar-refractivity contribution in [1.82, 2.24) is 4.98 Å². The number of rotatable bonds is 4. The molecule has 0 aliphatic rings. The van der Waals surface area contributed by atoms with Gasteiger partial charge in [0.15, 0.2) is 0 Å². The Kier molecular flexibility index (Phi) is 4.16. The van der Waals surface area contributed by atoms with E-state index in [9.17, 15) is 18.0 Å². The third kappa shape index (κ3) is 4.07. The Morgan fingerprint density at radius 3 is 2.54 bits per heavy atom. The summed E-state index contributed by atoms with van der Waals surface area (Å²) in [6, 6.07) is 12.6. The first-order valence-electron chi connectivity index (χ1n) is 7.11. The summed E-state index contributed by atoms with van der Waals surface area (Å²) in [6.45, 7) is 0. The van der Waals surface area contributed by atoms with Crippen LogP contribution < -0.4 is 10.1 Å². The Bertz CT molecular complexity index is 854. The molecule has 0 bridgehead atoms. The van der Waals surface area contributed by atoms with Crippen LogP contribution in [0.4, 0.5) is 18.9 Å². The minimum absolute atomic E-state index is 0.162. The number of benzene rings is 2. The van der Waals surface area contributed by atoms with Gasteiger partial charge in [-0.25, -0.2) is 0 Å². The molecular formula is C17H13F3N2O2. The minimum Gasteiger partial charge on any atom is -0.406 e. The van der Waals surface area contributed by atoms with Crippen LogP contribution in [0.2, 0.25) is 0 Å². The summed E-state index contributed by atoms with van der Waals surface area (Å²) in [7, 11) is 0. The van der Waals surface area contributed by atoms with Gasteiger partial charge < -0.3 is 15.0 Å². The smallest absolute Gasteiger partial charge is 0.406 e. The quantitative estimate of drug-likeness (QED) is 0.749. The fraction of sp³-hybridized carbons (Fsp3) is 0.118. The number of hydrogen-bond acceptors (Lipinski definition) is 2. The molecule has 0 unspecified atom stereocenters. The molecule has 2 N–H and O–H groups in total. The fourth-order valence-electron chi connectivity index (χ4n) is 2.34. The molecule has 0 aliphatic heterocycles. The van der Waals surface area contributed by atoms with Crippen molar-refractivity contribution in [2.45, 2.75) is 12.8 Å². The van der Waals surface area contributed by atoms with Crippen molar-refractivity contribution in [3.05, 3.63) is 60.3 Å². The van der Waals surface area contributed by atoms with E-state index in [0.717, 1.165) is 28.6 Å². The molecule has 1 aromatic heterocycles. The van der Waals surface area contributed by atoms with E-state index in [4.69, 9.17) is 0 Å². The molecule has 0 radical (unpaired) electrons. The van der Waals surface area contributed by atoms with Gasteiger partial charge in [0.05, 0.1) is 6.42 Å². The monoisotopic (exact) mass is 334 g/mol. The lowest BCUT2D eigenvalue weighted by Crippen LogP contribution is -2.17. The number of ether oxygens (including phenoxy) is 1. The number of halogens is 3. The van der Waals surface area contributed by atoms with Crippen molar-refractivity contribution >= 4 is 22.5 Å². The Balaban J connectivity index is 1.61. The Labute approximate surface area is 135 Å². The molecule has 1 heterocycles. The highest BCUT2D eigenvalue weighted by Gasteiger charge is 2.30. The van der Waals surface area contributed by atoms with Crippen LogP contribution in [0.3, 0.4) is 0 Å². The van der Waals surface area contributed by atoms with E-state index in [2.05, 4.69) is 15.0 Å². The molecule has 24 heavy (non-hydrogen) atoms. The van der Waals surface area contributed by atoms with Crippen LogP contribution in [-0.4, -0.2) is 17.3 Å². The molecule has 0 aliphatic carbocycles. The molecular weight excluding hydrogens is 321 g/mol. The van der Waals surface area contributed by atoms with Gasteiger partial charge in [0, 0.05) is 17.4 Å². The van der Waals surface area contributed by atoms with Gasteiger partial charge in [-0.15, -0.1) is 13.2 Å². The van der Waals surface area contributed by atoms with Crippen molar-refractivity contribution < 1.29 is 22.7 Å². The van der Waals surface area contributed by atoms with Crippen molar-refractivity contribution in [3.8, 4) is 5.75 Å². The summed E-state index contributed by atoms with van der Waals surface area (Å²) in [5.74, 6) is -0.594. The number of fused-ring (bicyclic) bond motifs is 1. The number of aromatic amines is 1. The lowest BCUT2D eigenvalue weighted by atomic mass is 10.1. The summed E-state index contributed by atoms with van der Waals surface area (Å²) in [4.78, 5) is 15.1. The first kappa shape index (κ1) is 15.9. The molecule has 0 atom stereocenters. The van der Waals surface area contributed by atoms with E-state index in [1.54, 1.807) is 0 Å². The summed E-state index contributed by atoms with van der Waals surface area (Å²) >= 11 is 0. The number of nitrogens with one attached hydrogen (secondary N) is 2. The molecule has 2 aromatic carbocycles. The number of amides is 1. The topological polar surface area (TPSA) is 54.1 Å². The van der Waals surface area contributed by atoms with E-state index >= 15 is 0 Å². The maximum atomic E-state index is 12.1. The van der Waals surface area contributed by atoms with Gasteiger partial charge in [0.25, 0.3) is 0 Å². The highest BCUT2D eigenvalue weighted by Crippen LogP contribution is 2.24. The zero-order chi connectivity index (χ0) is 17.2. The predicted octanol–water partition coefficient (Wildman–Crippen LogP) is 4.25. The van der Waals surface area contributed by atoms with Crippen molar-refractivity contribution in [3.63, 3.8) is 0 Å². The highest BCUT2D eigenvalue weighted by atomic mass is 19.4. The van der Waals surface area contributed by atoms with E-state index in [-0.39, 0.29) is 18.1 Å². The van der Waals surface area contributed by atoms with Crippen LogP contribution in [-0.2, 0) is 11.2 Å². The molecule has 0 saturated heterocycles. The van der Waals surface area contributed by atoms with Gasteiger partial charge in [-0.05, 0) is 47.3 Å². The largest absolute Gasteiger partial charge is 0.573 e. The third-order valence-electron chi connectivity index (χ3n) is 3.36. The summed E-state index contributed by atoms with van der Waals surface area (Å²) < 4.78 is 40.0. The van der Waals surface area contributed by atoms with Gasteiger partial charge >= 0.3 is 6.36 Å². The average molecular weight is 334 g/mol. The van der Waals surface area contributed by atoms with Gasteiger partial charge in [-0.2, -0.15) is 0 Å². The number of H-pyrrole nitrogens is 1. The summed E-state index contributed by atoms with van der Waals surface area (Å²) in [5, 5.41) is 3.69. The van der Waals surface area contributed by atoms with Gasteiger partial charge in [0.2, 0.25) is 5.91 Å². The number of anilines is 1. The summed E-state index contributed by atoms with van der Waals surface area (Å²) in [5.41, 5.74) is 2.17. The zero-order valence-electron chi connectivity index (χ0n) is 12.4. The molecule has 3 rings (SSSR count). The number of carbonyl (C=O) groups excluding carboxylic acids is 1. The first-order chi connectivity index (χ1) is 11.4. The number of aromatic nitrogens is 1. The lowest BCUT2D eigenvalue weighted by Gasteiger charge is -2.10. The lowest BCUT2D eigenvalue weighted by molar-refractivity contribution is -0.274. The van der Waals surface area contributed by atoms with Crippen molar-refractivity contribution in [1.29, 1.82) is 0 Å². The molecule has 7 heteroatoms. The molecule has 3 aromatic rings. The second-order valence-electron chi connectivity index (χ2n) is 5.20. The Morgan fingerprint density at radius 1 is 1.08 bits per heavy atom. The van der Waals surface area contributed by atoms with E-state index in [1.807, 2.05) is 30.5 Å². The normalized spacial score (nSPS) is 11.5. The Hall–Kier alpha value is -2.96. The van der Waals surface area contributed by atoms with Crippen LogP contribution in [0.25, 0.3) is 10.9 Å². The number of carbonyl (C=O) groups is 1. The second kappa shape index (κ2) is 6.27. The van der Waals surface area contributed by atoms with Crippen LogP contribution in [0.5, 0.6) is 5.75 Å². The standard InChI is InChI=1S/C17H13F3N2O2/c18-17(19,20)24-14-5-3-13(4-6-14)22-16(23)10-11-1-2-12-7-8-21-15(12)9-11/h1-9,21H,10H2,(H,22,23). The van der Waals surface area contributed by atoms with Crippen LogP contribution in [0.1, 0.15) is 5.56 Å². The molecule has 0 fully saturated rings. The minimum atomic E-state index is -4.73.